The number of fused-ring (bicyclic) bond motifs is 1. The van der Waals surface area contributed by atoms with Crippen molar-refractivity contribution in [1.82, 2.24) is 0 Å². The first-order valence-electron chi connectivity index (χ1n) is 9.99. The number of ether oxygens (including phenoxy) is 1. The van der Waals surface area contributed by atoms with Gasteiger partial charge in [0, 0.05) is 28.1 Å². The van der Waals surface area contributed by atoms with Gasteiger partial charge in [-0.25, -0.2) is 8.42 Å². The van der Waals surface area contributed by atoms with E-state index >= 15 is 0 Å². The van der Waals surface area contributed by atoms with E-state index in [1.807, 2.05) is 30.5 Å². The van der Waals surface area contributed by atoms with Crippen LogP contribution in [0.2, 0.25) is 0 Å². The summed E-state index contributed by atoms with van der Waals surface area (Å²) in [6.07, 6.45) is 1.95. The first kappa shape index (κ1) is 22.8. The molecule has 0 atom stereocenters. The number of amides is 1. The number of carbonyl (C=O) groups is 1. The molecule has 0 aliphatic heterocycles. The zero-order chi connectivity index (χ0) is 23.4. The topological polar surface area (TPSA) is 97.6 Å². The predicted octanol–water partition coefficient (Wildman–Crippen LogP) is 5.36. The van der Waals surface area contributed by atoms with Crippen molar-refractivity contribution in [2.45, 2.75) is 10.6 Å². The van der Waals surface area contributed by atoms with Crippen molar-refractivity contribution in [1.29, 1.82) is 0 Å². The maximum atomic E-state index is 13.0. The minimum atomic E-state index is -3.86. The van der Waals surface area contributed by atoms with E-state index in [9.17, 15) is 13.2 Å². The van der Waals surface area contributed by atoms with Crippen molar-refractivity contribution in [2.24, 2.45) is 0 Å². The lowest BCUT2D eigenvalue weighted by Crippen LogP contribution is -2.15. The molecule has 0 spiro atoms. The van der Waals surface area contributed by atoms with Gasteiger partial charge in [-0.2, -0.15) is 11.8 Å². The van der Waals surface area contributed by atoms with E-state index in [-0.39, 0.29) is 10.7 Å². The molecule has 0 bridgehead atoms. The van der Waals surface area contributed by atoms with Crippen molar-refractivity contribution < 1.29 is 22.4 Å². The van der Waals surface area contributed by atoms with E-state index in [2.05, 4.69) is 10.0 Å². The van der Waals surface area contributed by atoms with E-state index in [4.69, 9.17) is 9.15 Å². The highest BCUT2D eigenvalue weighted by atomic mass is 32.2. The van der Waals surface area contributed by atoms with Crippen molar-refractivity contribution >= 4 is 50.0 Å². The van der Waals surface area contributed by atoms with Gasteiger partial charge in [-0.05, 0) is 54.8 Å². The van der Waals surface area contributed by atoms with Crippen LogP contribution in [0.15, 0.2) is 82.1 Å². The highest BCUT2D eigenvalue weighted by molar-refractivity contribution is 7.97. The lowest BCUT2D eigenvalue weighted by molar-refractivity contribution is 0.0997. The Morgan fingerprint density at radius 2 is 1.76 bits per heavy atom. The molecule has 0 unspecified atom stereocenters. The average molecular weight is 483 g/mol. The summed E-state index contributed by atoms with van der Waals surface area (Å²) >= 11 is 1.59. The van der Waals surface area contributed by atoms with Gasteiger partial charge in [-0.15, -0.1) is 0 Å². The van der Waals surface area contributed by atoms with Gasteiger partial charge in [0.05, 0.1) is 12.0 Å². The number of methoxy groups -OCH3 is 1. The summed E-state index contributed by atoms with van der Waals surface area (Å²) in [6.45, 7) is 0. The summed E-state index contributed by atoms with van der Waals surface area (Å²) in [5.41, 5.74) is 2.18. The molecular weight excluding hydrogens is 460 g/mol. The van der Waals surface area contributed by atoms with Crippen LogP contribution in [0, 0.1) is 0 Å². The maximum Gasteiger partial charge on any atom is 0.291 e. The minimum Gasteiger partial charge on any atom is -0.497 e. The minimum absolute atomic E-state index is 0.0186. The molecular formula is C24H22N2O5S2. The van der Waals surface area contributed by atoms with Crippen molar-refractivity contribution in [2.75, 3.05) is 23.4 Å². The molecule has 0 saturated carbocycles. The number of benzene rings is 3. The van der Waals surface area contributed by atoms with E-state index in [1.54, 1.807) is 48.2 Å². The summed E-state index contributed by atoms with van der Waals surface area (Å²) in [5, 5.41) is 3.64. The molecule has 0 aliphatic rings. The van der Waals surface area contributed by atoms with E-state index in [0.717, 1.165) is 10.9 Å². The SMILES string of the molecule is COc1ccc(NS(=O)(=O)c2cccc(NC(=O)c3oc4ccccc4c3CSC)c2)cc1. The number of anilines is 2. The molecule has 1 aromatic heterocycles. The Morgan fingerprint density at radius 1 is 1.00 bits per heavy atom. The number of sulfonamides is 1. The van der Waals surface area contributed by atoms with Gasteiger partial charge in [0.2, 0.25) is 0 Å². The predicted molar refractivity (Wildman–Crippen MR) is 132 cm³/mol. The molecule has 170 valence electrons. The lowest BCUT2D eigenvalue weighted by Gasteiger charge is -2.11. The fraction of sp³-hybridized carbons (Fsp3) is 0.125. The van der Waals surface area contributed by atoms with Crippen LogP contribution in [0.3, 0.4) is 0 Å². The van der Waals surface area contributed by atoms with Crippen LogP contribution >= 0.6 is 11.8 Å². The summed E-state index contributed by atoms with van der Waals surface area (Å²) in [4.78, 5) is 13.0. The quantitative estimate of drug-likeness (QED) is 0.351. The second-order valence-electron chi connectivity index (χ2n) is 7.15. The molecule has 0 radical (unpaired) electrons. The first-order valence-corrected chi connectivity index (χ1v) is 12.9. The van der Waals surface area contributed by atoms with Crippen molar-refractivity contribution in [3.05, 3.63) is 84.1 Å². The lowest BCUT2D eigenvalue weighted by atomic mass is 10.1. The number of para-hydroxylation sites is 1. The van der Waals surface area contributed by atoms with Crippen LogP contribution in [0.5, 0.6) is 5.75 Å². The smallest absolute Gasteiger partial charge is 0.291 e. The fourth-order valence-corrected chi connectivity index (χ4v) is 5.05. The zero-order valence-electron chi connectivity index (χ0n) is 18.0. The van der Waals surface area contributed by atoms with E-state index in [1.165, 1.54) is 19.2 Å². The van der Waals surface area contributed by atoms with Gasteiger partial charge in [-0.1, -0.05) is 24.3 Å². The Labute approximate surface area is 196 Å². The Hall–Kier alpha value is -3.43. The third-order valence-electron chi connectivity index (χ3n) is 4.94. The molecule has 0 fully saturated rings. The Kier molecular flexibility index (Phi) is 6.62. The molecule has 3 aromatic carbocycles. The summed E-state index contributed by atoms with van der Waals surface area (Å²) < 4.78 is 39.1. The van der Waals surface area contributed by atoms with Gasteiger partial charge in [0.1, 0.15) is 11.3 Å². The number of carbonyl (C=O) groups excluding carboxylic acids is 1. The molecule has 4 rings (SSSR count). The van der Waals surface area contributed by atoms with Crippen LogP contribution in [-0.2, 0) is 15.8 Å². The molecule has 1 heterocycles. The molecule has 2 N–H and O–H groups in total. The zero-order valence-corrected chi connectivity index (χ0v) is 19.6. The van der Waals surface area contributed by atoms with Crippen LogP contribution in [0.1, 0.15) is 16.1 Å². The van der Waals surface area contributed by atoms with Crippen LogP contribution in [0.4, 0.5) is 11.4 Å². The van der Waals surface area contributed by atoms with Crippen molar-refractivity contribution in [3.8, 4) is 5.75 Å². The molecule has 1 amide bonds. The van der Waals surface area contributed by atoms with Crippen molar-refractivity contribution in [3.63, 3.8) is 0 Å². The average Bonchev–Trinajstić information content (AvgIpc) is 3.18. The van der Waals surface area contributed by atoms with Crippen LogP contribution in [-0.4, -0.2) is 27.7 Å². The third-order valence-corrected chi connectivity index (χ3v) is 6.89. The Bertz CT molecular complexity index is 1400. The number of furan rings is 1. The molecule has 0 saturated heterocycles. The fourth-order valence-electron chi connectivity index (χ4n) is 3.37. The molecule has 0 aliphatic carbocycles. The molecule has 4 aromatic rings. The van der Waals surface area contributed by atoms with Gasteiger partial charge < -0.3 is 14.5 Å². The normalized spacial score (nSPS) is 11.3. The second-order valence-corrected chi connectivity index (χ2v) is 9.70. The maximum absolute atomic E-state index is 13.0. The first-order chi connectivity index (χ1) is 15.9. The number of rotatable bonds is 8. The van der Waals surface area contributed by atoms with Crippen LogP contribution in [0.25, 0.3) is 11.0 Å². The third kappa shape index (κ3) is 4.99. The summed E-state index contributed by atoms with van der Waals surface area (Å²) in [5.74, 6) is 1.01. The monoisotopic (exact) mass is 482 g/mol. The van der Waals surface area contributed by atoms with Gasteiger partial charge in [0.25, 0.3) is 15.9 Å². The highest BCUT2D eigenvalue weighted by Crippen LogP contribution is 2.29. The Morgan fingerprint density at radius 3 is 2.48 bits per heavy atom. The molecule has 33 heavy (non-hydrogen) atoms. The van der Waals surface area contributed by atoms with Gasteiger partial charge in [-0.3, -0.25) is 9.52 Å². The number of thioether (sulfide) groups is 1. The standard InChI is InChI=1S/C24H22N2O5S2/c1-30-18-12-10-16(11-13-18)26-33(28,29)19-7-5-6-17(14-19)25-24(27)23-21(15-32-2)20-8-3-4-9-22(20)31-23/h3-14,26H,15H2,1-2H3,(H,25,27). The Balaban J connectivity index is 1.57. The van der Waals surface area contributed by atoms with Crippen LogP contribution < -0.4 is 14.8 Å². The van der Waals surface area contributed by atoms with Gasteiger partial charge >= 0.3 is 0 Å². The summed E-state index contributed by atoms with van der Waals surface area (Å²) in [7, 11) is -2.33. The van der Waals surface area contributed by atoms with E-state index in [0.29, 0.717) is 28.5 Å². The van der Waals surface area contributed by atoms with E-state index < -0.39 is 15.9 Å². The second kappa shape index (κ2) is 9.60. The highest BCUT2D eigenvalue weighted by Gasteiger charge is 2.21. The van der Waals surface area contributed by atoms with Gasteiger partial charge in [0.15, 0.2) is 5.76 Å². The largest absolute Gasteiger partial charge is 0.497 e. The molecule has 7 nitrogen and oxygen atoms in total. The number of hydrogen-bond acceptors (Lipinski definition) is 6. The number of nitrogens with one attached hydrogen (secondary N) is 2. The number of hydrogen-bond donors (Lipinski definition) is 2. The molecule has 9 heteroatoms. The summed E-state index contributed by atoms with van der Waals surface area (Å²) in [6, 6.07) is 20.1.